The number of nitrogens with one attached hydrogen (secondary N) is 1. The molecule has 26 heavy (non-hydrogen) atoms. The Bertz CT molecular complexity index is 747. The molecule has 8 heteroatoms. The van der Waals surface area contributed by atoms with Crippen molar-refractivity contribution in [3.05, 3.63) is 24.2 Å². The first-order valence-corrected chi connectivity index (χ1v) is 10.2. The minimum Gasteiger partial charge on any atom is -0.467 e. The van der Waals surface area contributed by atoms with Crippen LogP contribution in [0.3, 0.4) is 0 Å². The Kier molecular flexibility index (Phi) is 5.02. The number of carbonyl (C=O) groups excluding carboxylic acids is 1. The number of tetrazole rings is 1. The molecule has 5 atom stereocenters. The molecule has 1 amide bonds. The van der Waals surface area contributed by atoms with Gasteiger partial charge in [-0.05, 0) is 73.4 Å². The van der Waals surface area contributed by atoms with Gasteiger partial charge in [0.25, 0.3) is 0 Å². The van der Waals surface area contributed by atoms with E-state index in [9.17, 15) is 4.79 Å². The third kappa shape index (κ3) is 3.65. The molecule has 2 saturated carbocycles. The summed E-state index contributed by atoms with van der Waals surface area (Å²) in [7, 11) is 0. The van der Waals surface area contributed by atoms with Crippen LogP contribution < -0.4 is 5.32 Å². The van der Waals surface area contributed by atoms with Crippen molar-refractivity contribution in [2.24, 2.45) is 17.8 Å². The van der Waals surface area contributed by atoms with Crippen LogP contribution in [0.4, 0.5) is 0 Å². The van der Waals surface area contributed by atoms with Crippen molar-refractivity contribution >= 4 is 17.7 Å². The molecule has 0 spiro atoms. The topological polar surface area (TPSA) is 85.8 Å². The second kappa shape index (κ2) is 7.42. The molecule has 2 bridgehead atoms. The van der Waals surface area contributed by atoms with E-state index in [1.54, 1.807) is 10.9 Å². The fourth-order valence-corrected chi connectivity index (χ4v) is 5.29. The first-order valence-electron chi connectivity index (χ1n) is 9.35. The molecule has 0 saturated heterocycles. The number of furan rings is 1. The molecule has 5 unspecified atom stereocenters. The fraction of sp³-hybridized carbons (Fsp3) is 0.667. The van der Waals surface area contributed by atoms with Crippen molar-refractivity contribution in [2.75, 3.05) is 0 Å². The van der Waals surface area contributed by atoms with Crippen molar-refractivity contribution in [2.45, 2.75) is 62.5 Å². The van der Waals surface area contributed by atoms with Gasteiger partial charge in [0.05, 0.1) is 11.5 Å². The average Bonchev–Trinajstić information content (AvgIpc) is 3.41. The van der Waals surface area contributed by atoms with Gasteiger partial charge in [-0.25, -0.2) is 4.68 Å². The van der Waals surface area contributed by atoms with Crippen LogP contribution in [0.15, 0.2) is 28.0 Å². The zero-order valence-electron chi connectivity index (χ0n) is 15.2. The predicted molar refractivity (Wildman–Crippen MR) is 97.5 cm³/mol. The van der Waals surface area contributed by atoms with E-state index in [1.165, 1.54) is 37.4 Å². The molecule has 2 aliphatic rings. The number of fused-ring (bicyclic) bond motifs is 2. The summed E-state index contributed by atoms with van der Waals surface area (Å²) in [6.45, 7) is 4.51. The Morgan fingerprint density at radius 1 is 1.42 bits per heavy atom. The maximum absolute atomic E-state index is 12.6. The molecule has 0 radical (unpaired) electrons. The van der Waals surface area contributed by atoms with Crippen molar-refractivity contribution in [1.29, 1.82) is 0 Å². The molecule has 4 rings (SSSR count). The van der Waals surface area contributed by atoms with Crippen LogP contribution in [-0.4, -0.2) is 37.4 Å². The third-order valence-electron chi connectivity index (χ3n) is 5.84. The molecule has 1 N–H and O–H groups in total. The quantitative estimate of drug-likeness (QED) is 0.749. The molecule has 140 valence electrons. The second-order valence-electron chi connectivity index (χ2n) is 7.59. The van der Waals surface area contributed by atoms with Crippen LogP contribution in [0.5, 0.6) is 0 Å². The predicted octanol–water partition coefficient (Wildman–Crippen LogP) is 2.74. The highest BCUT2D eigenvalue weighted by Gasteiger charge is 2.42. The first-order chi connectivity index (χ1) is 12.6. The van der Waals surface area contributed by atoms with Crippen molar-refractivity contribution in [1.82, 2.24) is 25.5 Å². The molecular weight excluding hydrogens is 350 g/mol. The number of nitrogens with zero attached hydrogens (tertiary/aromatic N) is 4. The summed E-state index contributed by atoms with van der Waals surface area (Å²) >= 11 is 1.38. The Labute approximate surface area is 157 Å². The first kappa shape index (κ1) is 17.6. The monoisotopic (exact) mass is 375 g/mol. The number of hydrogen-bond donors (Lipinski definition) is 1. The van der Waals surface area contributed by atoms with Gasteiger partial charge >= 0.3 is 0 Å². The number of aromatic nitrogens is 4. The minimum atomic E-state index is -0.252. The lowest BCUT2D eigenvalue weighted by Crippen LogP contribution is -2.43. The van der Waals surface area contributed by atoms with E-state index < -0.39 is 0 Å². The van der Waals surface area contributed by atoms with E-state index in [0.717, 1.165) is 17.6 Å². The summed E-state index contributed by atoms with van der Waals surface area (Å²) in [4.78, 5) is 12.6. The number of hydrogen-bond acceptors (Lipinski definition) is 6. The molecule has 2 aromatic heterocycles. The van der Waals surface area contributed by atoms with Gasteiger partial charge in [-0.15, -0.1) is 5.10 Å². The van der Waals surface area contributed by atoms with E-state index in [4.69, 9.17) is 4.42 Å². The van der Waals surface area contributed by atoms with Gasteiger partial charge in [0.1, 0.15) is 12.3 Å². The van der Waals surface area contributed by atoms with Gasteiger partial charge in [-0.1, -0.05) is 18.2 Å². The van der Waals surface area contributed by atoms with Crippen molar-refractivity contribution in [3.63, 3.8) is 0 Å². The third-order valence-corrected chi connectivity index (χ3v) is 6.91. The Morgan fingerprint density at radius 2 is 2.31 bits per heavy atom. The van der Waals surface area contributed by atoms with Crippen LogP contribution in [0.1, 0.15) is 45.3 Å². The molecule has 0 aromatic carbocycles. The van der Waals surface area contributed by atoms with Gasteiger partial charge in [0.15, 0.2) is 0 Å². The maximum Gasteiger partial charge on any atom is 0.233 e. The van der Waals surface area contributed by atoms with Crippen molar-refractivity contribution in [3.8, 4) is 0 Å². The lowest BCUT2D eigenvalue weighted by atomic mass is 9.84. The lowest BCUT2D eigenvalue weighted by molar-refractivity contribution is -0.121. The highest BCUT2D eigenvalue weighted by atomic mass is 32.2. The summed E-state index contributed by atoms with van der Waals surface area (Å²) in [5.74, 6) is 3.17. The van der Waals surface area contributed by atoms with Crippen LogP contribution >= 0.6 is 11.8 Å². The second-order valence-corrected chi connectivity index (χ2v) is 8.90. The largest absolute Gasteiger partial charge is 0.467 e. The zero-order chi connectivity index (χ0) is 18.1. The van der Waals surface area contributed by atoms with Crippen LogP contribution in [0.2, 0.25) is 0 Å². The van der Waals surface area contributed by atoms with Crippen molar-refractivity contribution < 1.29 is 9.21 Å². The molecule has 2 heterocycles. The molecular formula is C18H25N5O2S. The minimum absolute atomic E-state index is 0.0535. The smallest absolute Gasteiger partial charge is 0.233 e. The molecule has 7 nitrogen and oxygen atoms in total. The average molecular weight is 375 g/mol. The maximum atomic E-state index is 12.6. The SMILES string of the molecule is CC(Sc1nnnn1Cc1ccco1)C(=O)NC(C)C1CC2CCC1C2. The van der Waals surface area contributed by atoms with E-state index in [2.05, 4.69) is 27.8 Å². The van der Waals surface area contributed by atoms with Gasteiger partial charge < -0.3 is 9.73 Å². The Morgan fingerprint density at radius 3 is 3.00 bits per heavy atom. The summed E-state index contributed by atoms with van der Waals surface area (Å²) in [5, 5.41) is 15.4. The summed E-state index contributed by atoms with van der Waals surface area (Å²) in [6, 6.07) is 3.95. The van der Waals surface area contributed by atoms with Gasteiger partial charge in [-0.3, -0.25) is 4.79 Å². The molecule has 2 aliphatic carbocycles. The van der Waals surface area contributed by atoms with E-state index >= 15 is 0 Å². The Balaban J connectivity index is 1.32. The lowest BCUT2D eigenvalue weighted by Gasteiger charge is -2.29. The number of rotatable bonds is 7. The standard InChI is InChI=1S/C18H25N5O2S/c1-11(16-9-13-5-6-14(16)8-13)19-17(24)12(2)26-18-20-21-22-23(18)10-15-4-3-7-25-15/h3-4,7,11-14,16H,5-6,8-10H2,1-2H3,(H,19,24). The summed E-state index contributed by atoms with van der Waals surface area (Å²) in [5.41, 5.74) is 0. The van der Waals surface area contributed by atoms with E-state index in [1.807, 2.05) is 19.1 Å². The van der Waals surface area contributed by atoms with Crippen LogP contribution in [0, 0.1) is 17.8 Å². The fourth-order valence-electron chi connectivity index (χ4n) is 4.50. The van der Waals surface area contributed by atoms with Crippen LogP contribution in [-0.2, 0) is 11.3 Å². The highest BCUT2D eigenvalue weighted by molar-refractivity contribution is 8.00. The number of amides is 1. The normalized spacial score (nSPS) is 26.8. The zero-order valence-corrected chi connectivity index (χ0v) is 16.0. The number of carbonyl (C=O) groups is 1. The van der Waals surface area contributed by atoms with Gasteiger partial charge in [0, 0.05) is 6.04 Å². The van der Waals surface area contributed by atoms with Gasteiger partial charge in [-0.2, -0.15) is 0 Å². The van der Waals surface area contributed by atoms with Crippen LogP contribution in [0.25, 0.3) is 0 Å². The Hall–Kier alpha value is -1.83. The summed E-state index contributed by atoms with van der Waals surface area (Å²) < 4.78 is 7.00. The molecule has 2 fully saturated rings. The molecule has 0 aliphatic heterocycles. The number of thioether (sulfide) groups is 1. The van der Waals surface area contributed by atoms with E-state index in [-0.39, 0.29) is 17.2 Å². The van der Waals surface area contributed by atoms with E-state index in [0.29, 0.717) is 17.6 Å². The highest BCUT2D eigenvalue weighted by Crippen LogP contribution is 2.49. The summed E-state index contributed by atoms with van der Waals surface area (Å²) in [6.07, 6.45) is 6.97. The molecule has 2 aromatic rings. The van der Waals surface area contributed by atoms with Gasteiger partial charge in [0.2, 0.25) is 11.1 Å².